The molecule has 1 unspecified atom stereocenters. The van der Waals surface area contributed by atoms with E-state index in [-0.39, 0.29) is 12.5 Å². The Morgan fingerprint density at radius 3 is 2.74 bits per heavy atom. The van der Waals surface area contributed by atoms with Crippen molar-refractivity contribution >= 4 is 17.5 Å². The molecule has 0 bridgehead atoms. The number of carbonyl (C=O) groups is 1. The number of aryl methyl sites for hydroxylation is 1. The van der Waals surface area contributed by atoms with Gasteiger partial charge in [0.2, 0.25) is 0 Å². The van der Waals surface area contributed by atoms with Crippen molar-refractivity contribution in [1.82, 2.24) is 15.5 Å². The van der Waals surface area contributed by atoms with Crippen molar-refractivity contribution in [1.29, 1.82) is 0 Å². The van der Waals surface area contributed by atoms with Crippen molar-refractivity contribution in [2.75, 3.05) is 6.54 Å². The molecule has 0 saturated carbocycles. The van der Waals surface area contributed by atoms with Crippen LogP contribution in [0.4, 0.5) is 0 Å². The fourth-order valence-corrected chi connectivity index (χ4v) is 1.74. The first-order valence-electron chi connectivity index (χ1n) is 5.80. The molecule has 1 aromatic heterocycles. The normalized spacial score (nSPS) is 12.2. The van der Waals surface area contributed by atoms with E-state index in [0.717, 1.165) is 5.69 Å². The Kier molecular flexibility index (Phi) is 4.19. The first-order valence-corrected chi connectivity index (χ1v) is 6.18. The molecule has 0 spiro atoms. The maximum atomic E-state index is 11.7. The number of aliphatic hydroxyl groups excluding tert-OH is 1. The van der Waals surface area contributed by atoms with Crippen molar-refractivity contribution in [3.63, 3.8) is 0 Å². The van der Waals surface area contributed by atoms with Gasteiger partial charge in [0.1, 0.15) is 5.69 Å². The summed E-state index contributed by atoms with van der Waals surface area (Å²) in [4.78, 5) is 11.7. The third kappa shape index (κ3) is 3.56. The SMILES string of the molecule is Cc1cc(C(=O)NCC(O)c2ccc(Cl)cc2)n[nH]1. The maximum Gasteiger partial charge on any atom is 0.271 e. The van der Waals surface area contributed by atoms with Crippen molar-refractivity contribution < 1.29 is 9.90 Å². The number of nitrogens with one attached hydrogen (secondary N) is 2. The van der Waals surface area contributed by atoms with E-state index in [9.17, 15) is 9.90 Å². The van der Waals surface area contributed by atoms with Crippen LogP contribution in [-0.2, 0) is 0 Å². The highest BCUT2D eigenvalue weighted by Gasteiger charge is 2.12. The number of rotatable bonds is 4. The number of aromatic amines is 1. The van der Waals surface area contributed by atoms with Gasteiger partial charge in [-0.05, 0) is 30.7 Å². The van der Waals surface area contributed by atoms with E-state index in [1.807, 2.05) is 6.92 Å². The quantitative estimate of drug-likeness (QED) is 0.799. The van der Waals surface area contributed by atoms with Crippen LogP contribution in [0.25, 0.3) is 0 Å². The first kappa shape index (κ1) is 13.6. The molecule has 6 heteroatoms. The van der Waals surface area contributed by atoms with E-state index in [4.69, 9.17) is 11.6 Å². The number of carbonyl (C=O) groups excluding carboxylic acids is 1. The lowest BCUT2D eigenvalue weighted by Crippen LogP contribution is -2.28. The molecule has 0 aliphatic heterocycles. The fourth-order valence-electron chi connectivity index (χ4n) is 1.62. The van der Waals surface area contributed by atoms with Gasteiger partial charge in [-0.15, -0.1) is 0 Å². The van der Waals surface area contributed by atoms with E-state index >= 15 is 0 Å². The molecule has 2 aromatic rings. The number of hydrogen-bond donors (Lipinski definition) is 3. The zero-order chi connectivity index (χ0) is 13.8. The molecule has 2 rings (SSSR count). The highest BCUT2D eigenvalue weighted by Crippen LogP contribution is 2.15. The van der Waals surface area contributed by atoms with Crippen LogP contribution in [0.3, 0.4) is 0 Å². The minimum atomic E-state index is -0.777. The van der Waals surface area contributed by atoms with Crippen molar-refractivity contribution in [3.8, 4) is 0 Å². The van der Waals surface area contributed by atoms with Crippen LogP contribution in [0.5, 0.6) is 0 Å². The summed E-state index contributed by atoms with van der Waals surface area (Å²) in [5, 5.41) is 19.7. The Balaban J connectivity index is 1.91. The van der Waals surface area contributed by atoms with E-state index in [1.165, 1.54) is 0 Å². The van der Waals surface area contributed by atoms with Crippen molar-refractivity contribution in [2.24, 2.45) is 0 Å². The summed E-state index contributed by atoms with van der Waals surface area (Å²) in [6.07, 6.45) is -0.777. The molecule has 0 radical (unpaired) electrons. The zero-order valence-corrected chi connectivity index (χ0v) is 11.1. The number of aliphatic hydroxyl groups is 1. The Morgan fingerprint density at radius 2 is 2.16 bits per heavy atom. The smallest absolute Gasteiger partial charge is 0.271 e. The first-order chi connectivity index (χ1) is 9.06. The lowest BCUT2D eigenvalue weighted by Gasteiger charge is -2.11. The molecule has 1 heterocycles. The number of hydrogen-bond acceptors (Lipinski definition) is 3. The minimum Gasteiger partial charge on any atom is -0.387 e. The standard InChI is InChI=1S/C13H14ClN3O2/c1-8-6-11(17-16-8)13(19)15-7-12(18)9-2-4-10(14)5-3-9/h2-6,12,18H,7H2,1H3,(H,15,19)(H,16,17). The van der Waals surface area contributed by atoms with Crippen LogP contribution in [0.15, 0.2) is 30.3 Å². The maximum absolute atomic E-state index is 11.7. The van der Waals surface area contributed by atoms with Crippen molar-refractivity contribution in [2.45, 2.75) is 13.0 Å². The molecule has 0 aliphatic carbocycles. The molecule has 100 valence electrons. The number of amides is 1. The van der Waals surface area contributed by atoms with Gasteiger partial charge < -0.3 is 10.4 Å². The van der Waals surface area contributed by atoms with Crippen LogP contribution in [-0.4, -0.2) is 27.8 Å². The topological polar surface area (TPSA) is 78.0 Å². The number of nitrogens with zero attached hydrogens (tertiary/aromatic N) is 1. The zero-order valence-electron chi connectivity index (χ0n) is 10.4. The van der Waals surface area contributed by atoms with Gasteiger partial charge in [-0.1, -0.05) is 23.7 Å². The number of H-pyrrole nitrogens is 1. The summed E-state index contributed by atoms with van der Waals surface area (Å²) in [6.45, 7) is 1.93. The Morgan fingerprint density at radius 1 is 1.47 bits per heavy atom. The third-order valence-corrected chi connectivity index (χ3v) is 2.90. The van der Waals surface area contributed by atoms with Crippen molar-refractivity contribution in [3.05, 3.63) is 52.3 Å². The minimum absolute atomic E-state index is 0.117. The summed E-state index contributed by atoms with van der Waals surface area (Å²) in [5.41, 5.74) is 1.81. The fraction of sp³-hybridized carbons (Fsp3) is 0.231. The monoisotopic (exact) mass is 279 g/mol. The molecule has 1 atom stereocenters. The average molecular weight is 280 g/mol. The summed E-state index contributed by atoms with van der Waals surface area (Å²) in [5.74, 6) is -0.322. The number of aromatic nitrogens is 2. The van der Waals surface area contributed by atoms with Gasteiger partial charge in [0, 0.05) is 17.3 Å². The van der Waals surface area contributed by atoms with Gasteiger partial charge in [-0.25, -0.2) is 0 Å². The van der Waals surface area contributed by atoms with Gasteiger partial charge in [0.05, 0.1) is 6.10 Å². The highest BCUT2D eigenvalue weighted by molar-refractivity contribution is 6.30. The molecular formula is C13H14ClN3O2. The Bertz CT molecular complexity index is 566. The predicted octanol–water partition coefficient (Wildman–Crippen LogP) is 1.83. The van der Waals surface area contributed by atoms with E-state index < -0.39 is 6.10 Å². The molecule has 19 heavy (non-hydrogen) atoms. The van der Waals surface area contributed by atoms with E-state index in [2.05, 4.69) is 15.5 Å². The molecule has 5 nitrogen and oxygen atoms in total. The molecule has 0 fully saturated rings. The highest BCUT2D eigenvalue weighted by atomic mass is 35.5. The molecule has 3 N–H and O–H groups in total. The molecule has 1 aromatic carbocycles. The van der Waals surface area contributed by atoms with Crippen LogP contribution < -0.4 is 5.32 Å². The predicted molar refractivity (Wildman–Crippen MR) is 72.1 cm³/mol. The van der Waals surface area contributed by atoms with Gasteiger partial charge in [0.25, 0.3) is 5.91 Å². The summed E-state index contributed by atoms with van der Waals surface area (Å²) < 4.78 is 0. The summed E-state index contributed by atoms with van der Waals surface area (Å²) >= 11 is 5.76. The molecule has 1 amide bonds. The molecule has 0 aliphatic rings. The number of benzene rings is 1. The van der Waals surface area contributed by atoms with Gasteiger partial charge in [-0.3, -0.25) is 9.89 Å². The molecule has 0 saturated heterocycles. The largest absolute Gasteiger partial charge is 0.387 e. The van der Waals surface area contributed by atoms with Crippen LogP contribution in [0.1, 0.15) is 27.8 Å². The number of halogens is 1. The van der Waals surface area contributed by atoms with Crippen LogP contribution in [0, 0.1) is 6.92 Å². The lowest BCUT2D eigenvalue weighted by molar-refractivity contribution is 0.0911. The molecular weight excluding hydrogens is 266 g/mol. The van der Waals surface area contributed by atoms with Crippen LogP contribution in [0.2, 0.25) is 5.02 Å². The Labute approximate surface area is 115 Å². The van der Waals surface area contributed by atoms with Gasteiger partial charge >= 0.3 is 0 Å². The second-order valence-corrected chi connectivity index (χ2v) is 4.65. The second-order valence-electron chi connectivity index (χ2n) is 4.21. The lowest BCUT2D eigenvalue weighted by atomic mass is 10.1. The van der Waals surface area contributed by atoms with Gasteiger partial charge in [-0.2, -0.15) is 5.10 Å². The summed E-state index contributed by atoms with van der Waals surface area (Å²) in [7, 11) is 0. The van der Waals surface area contributed by atoms with Gasteiger partial charge in [0.15, 0.2) is 0 Å². The summed E-state index contributed by atoms with van der Waals surface area (Å²) in [6, 6.07) is 8.47. The Hall–Kier alpha value is -1.85. The van der Waals surface area contributed by atoms with E-state index in [1.54, 1.807) is 30.3 Å². The van der Waals surface area contributed by atoms with Crippen LogP contribution >= 0.6 is 11.6 Å². The van der Waals surface area contributed by atoms with E-state index in [0.29, 0.717) is 16.3 Å². The third-order valence-electron chi connectivity index (χ3n) is 2.65. The second kappa shape index (κ2) is 5.86. The average Bonchev–Trinajstić information content (AvgIpc) is 2.83.